The van der Waals surface area contributed by atoms with Gasteiger partial charge in [-0.25, -0.2) is 4.98 Å². The molecule has 7 heteroatoms. The quantitative estimate of drug-likeness (QED) is 0.340. The van der Waals surface area contributed by atoms with Crippen molar-refractivity contribution in [3.05, 3.63) is 42.4 Å². The lowest BCUT2D eigenvalue weighted by molar-refractivity contribution is 0.241. The molecule has 1 unspecified atom stereocenters. The normalized spacial score (nSPS) is 12.4. The Balaban J connectivity index is 0.00000312. The molecule has 1 aromatic heterocycles. The molecule has 0 aliphatic heterocycles. The van der Waals surface area contributed by atoms with Gasteiger partial charge in [0.2, 0.25) is 0 Å². The van der Waals surface area contributed by atoms with E-state index < -0.39 is 0 Å². The fourth-order valence-corrected chi connectivity index (χ4v) is 2.28. The Morgan fingerprint density at radius 2 is 2.08 bits per heavy atom. The Morgan fingerprint density at radius 1 is 1.36 bits per heavy atom. The number of nitrogens with one attached hydrogen (secondary N) is 2. The van der Waals surface area contributed by atoms with Gasteiger partial charge in [0.05, 0.1) is 18.4 Å². The highest BCUT2D eigenvalue weighted by Crippen LogP contribution is 2.16. The first-order chi connectivity index (χ1) is 11.6. The minimum Gasteiger partial charge on any atom is -0.396 e. The van der Waals surface area contributed by atoms with Crippen molar-refractivity contribution in [3.8, 4) is 11.3 Å². The second-order valence-corrected chi connectivity index (χ2v) is 5.95. The number of H-pyrrole nitrogens is 1. The zero-order valence-electron chi connectivity index (χ0n) is 15.1. The van der Waals surface area contributed by atoms with Crippen LogP contribution in [0.15, 0.2) is 41.5 Å². The third-order valence-electron chi connectivity index (χ3n) is 3.66. The van der Waals surface area contributed by atoms with Gasteiger partial charge in [0, 0.05) is 26.7 Å². The van der Waals surface area contributed by atoms with Gasteiger partial charge in [-0.05, 0) is 18.4 Å². The average molecular weight is 457 g/mol. The van der Waals surface area contributed by atoms with Crippen LogP contribution in [0.25, 0.3) is 11.3 Å². The molecule has 0 fully saturated rings. The molecule has 0 aliphatic rings. The van der Waals surface area contributed by atoms with E-state index in [2.05, 4.69) is 32.4 Å². The maximum absolute atomic E-state index is 9.14. The number of hydrogen-bond donors (Lipinski definition) is 3. The van der Waals surface area contributed by atoms with Gasteiger partial charge in [-0.1, -0.05) is 37.3 Å². The molecule has 2 aromatic rings. The number of aliphatic hydroxyl groups is 1. The molecule has 0 bridgehead atoms. The number of aliphatic imine (C=N–C) groups is 1. The molecule has 1 heterocycles. The fourth-order valence-electron chi connectivity index (χ4n) is 2.28. The number of halogens is 1. The van der Waals surface area contributed by atoms with Crippen LogP contribution in [0.1, 0.15) is 19.7 Å². The molecule has 0 amide bonds. The van der Waals surface area contributed by atoms with Gasteiger partial charge in [0.25, 0.3) is 0 Å². The number of nitrogens with zero attached hydrogens (tertiary/aromatic N) is 3. The fraction of sp³-hybridized carbons (Fsp3) is 0.444. The van der Waals surface area contributed by atoms with Crippen LogP contribution in [-0.4, -0.2) is 52.7 Å². The number of rotatable bonds is 7. The van der Waals surface area contributed by atoms with E-state index in [1.807, 2.05) is 50.2 Å². The van der Waals surface area contributed by atoms with Crippen molar-refractivity contribution in [1.82, 2.24) is 20.2 Å². The average Bonchev–Trinajstić information content (AvgIpc) is 3.07. The van der Waals surface area contributed by atoms with E-state index in [4.69, 9.17) is 5.11 Å². The largest absolute Gasteiger partial charge is 0.396 e. The van der Waals surface area contributed by atoms with Crippen molar-refractivity contribution in [2.24, 2.45) is 10.9 Å². The number of guanidine groups is 1. The van der Waals surface area contributed by atoms with E-state index in [0.29, 0.717) is 13.1 Å². The molecular weight excluding hydrogens is 429 g/mol. The molecular formula is C18H28IN5O. The molecule has 0 spiro atoms. The maximum atomic E-state index is 9.14. The summed E-state index contributed by atoms with van der Waals surface area (Å²) < 4.78 is 0. The van der Waals surface area contributed by atoms with Crippen LogP contribution < -0.4 is 5.32 Å². The third-order valence-corrected chi connectivity index (χ3v) is 3.66. The second-order valence-electron chi connectivity index (χ2n) is 5.95. The summed E-state index contributed by atoms with van der Waals surface area (Å²) in [5, 5.41) is 12.4. The Bertz CT molecular complexity index is 644. The number of aromatic amines is 1. The van der Waals surface area contributed by atoms with Gasteiger partial charge < -0.3 is 20.3 Å². The molecule has 0 saturated heterocycles. The molecule has 1 atom stereocenters. The maximum Gasteiger partial charge on any atom is 0.194 e. The van der Waals surface area contributed by atoms with E-state index in [1.54, 1.807) is 0 Å². The first-order valence-electron chi connectivity index (χ1n) is 8.33. The molecule has 0 aliphatic carbocycles. The number of aromatic nitrogens is 2. The first-order valence-corrected chi connectivity index (χ1v) is 8.33. The Kier molecular flexibility index (Phi) is 9.51. The Morgan fingerprint density at radius 3 is 2.72 bits per heavy atom. The Labute approximate surface area is 166 Å². The van der Waals surface area contributed by atoms with Crippen LogP contribution in [-0.2, 0) is 6.54 Å². The summed E-state index contributed by atoms with van der Waals surface area (Å²) in [4.78, 5) is 14.4. The number of imidazole rings is 1. The molecule has 0 radical (unpaired) electrons. The predicted octanol–water partition coefficient (Wildman–Crippen LogP) is 2.72. The van der Waals surface area contributed by atoms with Crippen molar-refractivity contribution in [2.45, 2.75) is 20.4 Å². The standard InChI is InChI=1S/C18H27N5O.HI/c1-4-19-18(21-10-14(2)13-24)23(3)12-17-20-11-16(22-17)15-8-6-5-7-9-15;/h5-9,11,14,24H,4,10,12-13H2,1-3H3,(H,19,21)(H,20,22);1H. The highest BCUT2D eigenvalue weighted by Gasteiger charge is 2.10. The van der Waals surface area contributed by atoms with Crippen molar-refractivity contribution < 1.29 is 5.11 Å². The molecule has 2 rings (SSSR count). The van der Waals surface area contributed by atoms with Crippen LogP contribution in [0, 0.1) is 5.92 Å². The van der Waals surface area contributed by atoms with Crippen molar-refractivity contribution >= 4 is 29.9 Å². The summed E-state index contributed by atoms with van der Waals surface area (Å²) in [6.45, 7) is 6.18. The first kappa shape index (κ1) is 21.4. The van der Waals surface area contributed by atoms with Crippen LogP contribution in [0.2, 0.25) is 0 Å². The van der Waals surface area contributed by atoms with Gasteiger partial charge in [0.15, 0.2) is 5.96 Å². The Hall–Kier alpha value is -1.61. The summed E-state index contributed by atoms with van der Waals surface area (Å²) in [5.74, 6) is 1.85. The zero-order valence-corrected chi connectivity index (χ0v) is 17.4. The highest BCUT2D eigenvalue weighted by molar-refractivity contribution is 14.0. The van der Waals surface area contributed by atoms with Gasteiger partial charge in [-0.3, -0.25) is 4.99 Å². The predicted molar refractivity (Wildman–Crippen MR) is 113 cm³/mol. The topological polar surface area (TPSA) is 76.5 Å². The molecule has 25 heavy (non-hydrogen) atoms. The van der Waals surface area contributed by atoms with Crippen LogP contribution in [0.4, 0.5) is 0 Å². The number of hydrogen-bond acceptors (Lipinski definition) is 3. The van der Waals surface area contributed by atoms with Crippen molar-refractivity contribution in [3.63, 3.8) is 0 Å². The van der Waals surface area contributed by atoms with E-state index >= 15 is 0 Å². The van der Waals surface area contributed by atoms with Gasteiger partial charge in [0.1, 0.15) is 5.82 Å². The van der Waals surface area contributed by atoms with Crippen LogP contribution in [0.5, 0.6) is 0 Å². The van der Waals surface area contributed by atoms with Crippen molar-refractivity contribution in [2.75, 3.05) is 26.7 Å². The summed E-state index contributed by atoms with van der Waals surface area (Å²) in [5.41, 5.74) is 2.13. The van der Waals surface area contributed by atoms with Gasteiger partial charge in [-0.15, -0.1) is 24.0 Å². The van der Waals surface area contributed by atoms with E-state index in [0.717, 1.165) is 29.6 Å². The van der Waals surface area contributed by atoms with E-state index in [1.165, 1.54) is 0 Å². The highest BCUT2D eigenvalue weighted by atomic mass is 127. The summed E-state index contributed by atoms with van der Waals surface area (Å²) in [6.07, 6.45) is 1.86. The third kappa shape index (κ3) is 6.66. The van der Waals surface area contributed by atoms with Gasteiger partial charge in [-0.2, -0.15) is 0 Å². The molecule has 1 aromatic carbocycles. The monoisotopic (exact) mass is 457 g/mol. The lowest BCUT2D eigenvalue weighted by Crippen LogP contribution is -2.39. The summed E-state index contributed by atoms with van der Waals surface area (Å²) in [7, 11) is 1.98. The molecule has 3 N–H and O–H groups in total. The number of aliphatic hydroxyl groups excluding tert-OH is 1. The minimum atomic E-state index is 0. The number of benzene rings is 1. The molecule has 138 valence electrons. The SMILES string of the molecule is CCNC(=NCC(C)CO)N(C)Cc1ncc(-c2ccccc2)[nH]1.I. The second kappa shape index (κ2) is 11.1. The lowest BCUT2D eigenvalue weighted by Gasteiger charge is -2.21. The van der Waals surface area contributed by atoms with E-state index in [9.17, 15) is 0 Å². The van der Waals surface area contributed by atoms with E-state index in [-0.39, 0.29) is 36.5 Å². The summed E-state index contributed by atoms with van der Waals surface area (Å²) in [6, 6.07) is 10.1. The van der Waals surface area contributed by atoms with Crippen molar-refractivity contribution in [1.29, 1.82) is 0 Å². The van der Waals surface area contributed by atoms with Crippen LogP contribution in [0.3, 0.4) is 0 Å². The smallest absolute Gasteiger partial charge is 0.194 e. The molecule has 6 nitrogen and oxygen atoms in total. The zero-order chi connectivity index (χ0) is 17.4. The van der Waals surface area contributed by atoms with Crippen LogP contribution >= 0.6 is 24.0 Å². The van der Waals surface area contributed by atoms with Gasteiger partial charge >= 0.3 is 0 Å². The summed E-state index contributed by atoms with van der Waals surface area (Å²) >= 11 is 0. The molecule has 0 saturated carbocycles. The minimum absolute atomic E-state index is 0. The lowest BCUT2D eigenvalue weighted by atomic mass is 10.2.